The first-order valence-corrected chi connectivity index (χ1v) is 11.8. The molecular formula is C23H23ClFN5O2S. The highest BCUT2D eigenvalue weighted by molar-refractivity contribution is 7.99. The van der Waals surface area contributed by atoms with Crippen LogP contribution >= 0.6 is 23.4 Å². The molecule has 2 heterocycles. The number of fused-ring (bicyclic) bond motifs is 1. The number of benzene rings is 2. The molecule has 0 spiro atoms. The van der Waals surface area contributed by atoms with Gasteiger partial charge in [-0.25, -0.2) is 9.07 Å². The molecule has 1 unspecified atom stereocenters. The van der Waals surface area contributed by atoms with Crippen molar-refractivity contribution in [3.05, 3.63) is 70.1 Å². The molecule has 3 aromatic rings. The Hall–Kier alpha value is -3.04. The number of para-hydroxylation sites is 2. The first kappa shape index (κ1) is 23.1. The number of nitrogens with one attached hydrogen (secondary N) is 2. The fraction of sp³-hybridized carbons (Fsp3) is 0.261. The number of thioether (sulfide) groups is 1. The molecule has 10 heteroatoms. The van der Waals surface area contributed by atoms with E-state index in [1.54, 1.807) is 31.2 Å². The number of ether oxygens (including phenoxy) is 1. The van der Waals surface area contributed by atoms with Crippen molar-refractivity contribution in [1.82, 2.24) is 14.8 Å². The lowest BCUT2D eigenvalue weighted by Crippen LogP contribution is -2.32. The predicted octanol–water partition coefficient (Wildman–Crippen LogP) is 5.51. The number of aromatic nitrogens is 3. The van der Waals surface area contributed by atoms with Gasteiger partial charge in [-0.15, -0.1) is 5.10 Å². The number of hydrogen-bond acceptors (Lipinski definition) is 6. The number of rotatable bonds is 7. The fourth-order valence-corrected chi connectivity index (χ4v) is 4.52. The Morgan fingerprint density at radius 2 is 2.06 bits per heavy atom. The summed E-state index contributed by atoms with van der Waals surface area (Å²) in [4.78, 5) is 18.1. The first-order valence-electron chi connectivity index (χ1n) is 10.5. The van der Waals surface area contributed by atoms with Crippen molar-refractivity contribution in [3.8, 4) is 5.75 Å². The van der Waals surface area contributed by atoms with Gasteiger partial charge in [0.25, 0.3) is 5.91 Å². The van der Waals surface area contributed by atoms with Crippen molar-refractivity contribution in [2.45, 2.75) is 32.0 Å². The van der Waals surface area contributed by atoms with Gasteiger partial charge in [0.05, 0.1) is 17.9 Å². The van der Waals surface area contributed by atoms with Crippen molar-refractivity contribution in [2.24, 2.45) is 0 Å². The van der Waals surface area contributed by atoms with Crippen LogP contribution in [-0.2, 0) is 4.79 Å². The van der Waals surface area contributed by atoms with Crippen LogP contribution in [0, 0.1) is 5.82 Å². The number of carbonyl (C=O) groups is 1. The summed E-state index contributed by atoms with van der Waals surface area (Å²) in [5.41, 5.74) is 1.47. The monoisotopic (exact) mass is 487 g/mol. The third-order valence-corrected chi connectivity index (χ3v) is 6.11. The summed E-state index contributed by atoms with van der Waals surface area (Å²) in [6, 6.07) is 10.7. The molecule has 33 heavy (non-hydrogen) atoms. The lowest BCUT2D eigenvalue weighted by atomic mass is 9.94. The molecule has 2 N–H and O–H groups in total. The van der Waals surface area contributed by atoms with Gasteiger partial charge in [0.15, 0.2) is 0 Å². The zero-order valence-corrected chi connectivity index (χ0v) is 19.9. The van der Waals surface area contributed by atoms with E-state index in [-0.39, 0.29) is 16.2 Å². The van der Waals surface area contributed by atoms with Gasteiger partial charge in [0.1, 0.15) is 17.6 Å². The predicted molar refractivity (Wildman–Crippen MR) is 129 cm³/mol. The third-order valence-electron chi connectivity index (χ3n) is 5.06. The van der Waals surface area contributed by atoms with E-state index >= 15 is 4.39 Å². The average molecular weight is 488 g/mol. The van der Waals surface area contributed by atoms with Gasteiger partial charge in [-0.05, 0) is 43.9 Å². The molecular weight excluding hydrogens is 465 g/mol. The molecule has 7 nitrogen and oxygen atoms in total. The van der Waals surface area contributed by atoms with Crippen molar-refractivity contribution < 1.29 is 13.9 Å². The summed E-state index contributed by atoms with van der Waals surface area (Å²) >= 11 is 7.89. The van der Waals surface area contributed by atoms with Crippen LogP contribution < -0.4 is 15.4 Å². The highest BCUT2D eigenvalue weighted by Crippen LogP contribution is 2.40. The quantitative estimate of drug-likeness (QED) is 0.428. The topological polar surface area (TPSA) is 81.1 Å². The van der Waals surface area contributed by atoms with Crippen LogP contribution in [0.3, 0.4) is 0 Å². The van der Waals surface area contributed by atoms with Crippen LogP contribution in [0.5, 0.6) is 5.75 Å². The van der Waals surface area contributed by atoms with Crippen molar-refractivity contribution in [3.63, 3.8) is 0 Å². The molecule has 172 valence electrons. The van der Waals surface area contributed by atoms with Crippen LogP contribution in [0.15, 0.2) is 58.9 Å². The van der Waals surface area contributed by atoms with Crippen molar-refractivity contribution in [1.29, 1.82) is 0 Å². The van der Waals surface area contributed by atoms with E-state index in [4.69, 9.17) is 16.3 Å². The Bertz CT molecular complexity index is 1210. The zero-order chi connectivity index (χ0) is 23.5. The molecule has 0 fully saturated rings. The summed E-state index contributed by atoms with van der Waals surface area (Å²) in [6.07, 6.45) is 0. The highest BCUT2D eigenvalue weighted by Gasteiger charge is 2.37. The van der Waals surface area contributed by atoms with Gasteiger partial charge in [0.2, 0.25) is 11.1 Å². The number of carbonyl (C=O) groups excluding carboxylic acids is 1. The summed E-state index contributed by atoms with van der Waals surface area (Å²) in [5, 5.41) is 11.3. The normalized spacial score (nSPS) is 15.1. The maximum absolute atomic E-state index is 15.1. The fourth-order valence-electron chi connectivity index (χ4n) is 3.70. The second-order valence-corrected chi connectivity index (χ2v) is 8.82. The molecule has 1 atom stereocenters. The number of nitrogens with zero attached hydrogens (tertiary/aromatic N) is 3. The Labute approximate surface area is 200 Å². The zero-order valence-electron chi connectivity index (χ0n) is 18.4. The lowest BCUT2D eigenvalue weighted by molar-refractivity contribution is -0.113. The smallest absolute Gasteiger partial charge is 0.255 e. The van der Waals surface area contributed by atoms with Crippen LogP contribution in [0.25, 0.3) is 0 Å². The van der Waals surface area contributed by atoms with Gasteiger partial charge in [-0.2, -0.15) is 4.98 Å². The summed E-state index contributed by atoms with van der Waals surface area (Å²) in [7, 11) is 0. The molecule has 1 aliphatic rings. The van der Waals surface area contributed by atoms with Gasteiger partial charge >= 0.3 is 0 Å². The second kappa shape index (κ2) is 9.84. The standard InChI is InChI=1S/C23H23ClFN5O2S/c1-4-32-17-12-7-6-11-16(17)27-21(31)18-13(3)26-22-28-23(33-5-2)29-30(22)20(18)19-14(24)9-8-10-15(19)25/h6-12,20H,4-5H2,1-3H3,(H,27,31)(H,26,28,29). The molecule has 1 aliphatic heterocycles. The molecule has 0 saturated heterocycles. The Morgan fingerprint density at radius 3 is 2.79 bits per heavy atom. The maximum Gasteiger partial charge on any atom is 0.255 e. The SMILES string of the molecule is CCOc1ccccc1NC(=O)C1=C(C)Nc2nc(SCC)nn2C1c1c(F)cccc1Cl. The molecule has 0 aliphatic carbocycles. The van der Waals surface area contributed by atoms with Crippen molar-refractivity contribution >= 4 is 40.9 Å². The number of amides is 1. The molecule has 1 aromatic heterocycles. The van der Waals surface area contributed by atoms with E-state index in [1.807, 2.05) is 19.9 Å². The maximum atomic E-state index is 15.1. The van der Waals surface area contributed by atoms with Crippen molar-refractivity contribution in [2.75, 3.05) is 23.0 Å². The molecule has 2 aromatic carbocycles. The van der Waals surface area contributed by atoms with E-state index in [2.05, 4.69) is 20.7 Å². The summed E-state index contributed by atoms with van der Waals surface area (Å²) in [5.74, 6) is 0.761. The molecule has 1 amide bonds. The lowest BCUT2D eigenvalue weighted by Gasteiger charge is -2.29. The molecule has 0 saturated carbocycles. The molecule has 4 rings (SSSR count). The minimum Gasteiger partial charge on any atom is -0.492 e. The Kier molecular flexibility index (Phi) is 6.90. The average Bonchev–Trinajstić information content (AvgIpc) is 3.17. The second-order valence-electron chi connectivity index (χ2n) is 7.18. The van der Waals surface area contributed by atoms with E-state index in [1.165, 1.54) is 28.6 Å². The van der Waals surface area contributed by atoms with Crippen LogP contribution in [0.1, 0.15) is 32.4 Å². The van der Waals surface area contributed by atoms with Gasteiger partial charge < -0.3 is 15.4 Å². The number of anilines is 2. The van der Waals surface area contributed by atoms with E-state index in [0.717, 1.165) is 5.75 Å². The van der Waals surface area contributed by atoms with E-state index < -0.39 is 17.8 Å². The number of halogens is 2. The van der Waals surface area contributed by atoms with Gasteiger partial charge in [0, 0.05) is 16.3 Å². The minimum absolute atomic E-state index is 0.155. The minimum atomic E-state index is -0.909. The third kappa shape index (κ3) is 4.56. The highest BCUT2D eigenvalue weighted by atomic mass is 35.5. The largest absolute Gasteiger partial charge is 0.492 e. The first-order chi connectivity index (χ1) is 15.9. The number of allylic oxidation sites excluding steroid dienone is 1. The van der Waals surface area contributed by atoms with E-state index in [0.29, 0.717) is 34.8 Å². The Balaban J connectivity index is 1.82. The van der Waals surface area contributed by atoms with Gasteiger partial charge in [-0.3, -0.25) is 4.79 Å². The summed E-state index contributed by atoms with van der Waals surface area (Å²) in [6.45, 7) is 6.05. The van der Waals surface area contributed by atoms with Crippen LogP contribution in [0.4, 0.5) is 16.0 Å². The van der Waals surface area contributed by atoms with Gasteiger partial charge in [-0.1, -0.05) is 48.5 Å². The molecule has 0 radical (unpaired) electrons. The summed E-state index contributed by atoms with van der Waals surface area (Å²) < 4.78 is 22.2. The molecule has 0 bridgehead atoms. The van der Waals surface area contributed by atoms with Crippen LogP contribution in [-0.4, -0.2) is 33.0 Å². The number of hydrogen-bond donors (Lipinski definition) is 2. The van der Waals surface area contributed by atoms with Crippen LogP contribution in [0.2, 0.25) is 5.02 Å². The Morgan fingerprint density at radius 1 is 1.27 bits per heavy atom. The van der Waals surface area contributed by atoms with E-state index in [9.17, 15) is 4.79 Å².